The van der Waals surface area contributed by atoms with Crippen LogP contribution in [0, 0.1) is 0 Å². The van der Waals surface area contributed by atoms with Gasteiger partial charge in [-0.3, -0.25) is 4.57 Å². The Balaban J connectivity index is 2.17. The van der Waals surface area contributed by atoms with Crippen molar-refractivity contribution < 1.29 is 17.7 Å². The van der Waals surface area contributed by atoms with Gasteiger partial charge in [-0.1, -0.05) is 32.6 Å². The maximum Gasteiger partial charge on any atom is 0.427 e. The number of rotatable bonds is 17. The van der Waals surface area contributed by atoms with E-state index in [0.717, 1.165) is 45.6 Å². The summed E-state index contributed by atoms with van der Waals surface area (Å²) in [6.07, 6.45) is 8.95. The third-order valence-electron chi connectivity index (χ3n) is 5.18. The number of hydrogen-bond acceptors (Lipinski definition) is 5. The summed E-state index contributed by atoms with van der Waals surface area (Å²) in [5, 5.41) is 0. The Labute approximate surface area is 171 Å². The van der Waals surface area contributed by atoms with Crippen LogP contribution in [0.2, 0.25) is 11.6 Å². The summed E-state index contributed by atoms with van der Waals surface area (Å²) >= 11 is 0. The lowest BCUT2D eigenvalue weighted by atomic mass is 10.1. The average Bonchev–Trinajstić information content (AvgIpc) is 3.03. The fraction of sp³-hybridized carbons (Fsp3) is 1.00. The van der Waals surface area contributed by atoms with Gasteiger partial charge in [0.1, 0.15) is 0 Å². The van der Waals surface area contributed by atoms with Gasteiger partial charge in [0.2, 0.25) is 0 Å². The molecule has 5 nitrogen and oxygen atoms in total. The van der Waals surface area contributed by atoms with E-state index in [4.69, 9.17) is 17.7 Å². The Hall–Kier alpha value is 0.234. The van der Waals surface area contributed by atoms with E-state index in [2.05, 4.69) is 39.2 Å². The van der Waals surface area contributed by atoms with E-state index in [1.807, 2.05) is 0 Å². The zero-order chi connectivity index (χ0) is 20.0. The summed E-state index contributed by atoms with van der Waals surface area (Å²) in [5.74, 6) is 0. The van der Waals surface area contributed by atoms with E-state index in [9.17, 15) is 0 Å². The first-order chi connectivity index (χ1) is 13.1. The van der Waals surface area contributed by atoms with Crippen LogP contribution in [-0.4, -0.2) is 62.1 Å². The molecule has 1 heterocycles. The molecule has 1 aliphatic heterocycles. The molecule has 1 rings (SSSR count). The smallest absolute Gasteiger partial charge is 0.393 e. The molecule has 0 amide bonds. The molecule has 0 bridgehead atoms. The monoisotopic (exact) mass is 418 g/mol. The third kappa shape index (κ3) is 9.06. The summed E-state index contributed by atoms with van der Waals surface area (Å²) in [6.45, 7) is 16.0. The second kappa shape index (κ2) is 15.1. The average molecular weight is 419 g/mol. The van der Waals surface area contributed by atoms with Gasteiger partial charge in [-0.15, -0.1) is 0 Å². The molecule has 1 unspecified atom stereocenters. The largest absolute Gasteiger partial charge is 0.427 e. The van der Waals surface area contributed by atoms with Crippen LogP contribution in [-0.2, 0) is 17.7 Å². The van der Waals surface area contributed by atoms with Gasteiger partial charge in [-0.25, -0.2) is 0 Å². The summed E-state index contributed by atoms with van der Waals surface area (Å²) in [6, 6.07) is 1.14. The van der Waals surface area contributed by atoms with Crippen molar-refractivity contribution in [1.82, 2.24) is 4.57 Å². The van der Waals surface area contributed by atoms with Crippen LogP contribution in [0.4, 0.5) is 0 Å². The maximum absolute atomic E-state index is 6.15. The van der Waals surface area contributed by atoms with E-state index in [-0.39, 0.29) is 0 Å². The van der Waals surface area contributed by atoms with Gasteiger partial charge in [-0.2, -0.15) is 0 Å². The van der Waals surface area contributed by atoms with E-state index in [1.165, 1.54) is 44.9 Å². The Bertz CT molecular complexity index is 351. The molecule has 0 saturated carbocycles. The van der Waals surface area contributed by atoms with E-state index in [0.29, 0.717) is 5.54 Å². The lowest BCUT2D eigenvalue weighted by molar-refractivity contribution is 0.135. The van der Waals surface area contributed by atoms with Gasteiger partial charge in [0.15, 0.2) is 0 Å². The first kappa shape index (κ1) is 25.3. The minimum atomic E-state index is -2.07. The van der Waals surface area contributed by atoms with E-state index in [1.54, 1.807) is 0 Å². The highest BCUT2D eigenvalue weighted by atomic mass is 28.4. The SMILES string of the molecule is CCO[Si](OCC)C(C)CCCCCCCN1CCC[Si]1(OCC)OCC. The molecule has 0 aromatic carbocycles. The van der Waals surface area contributed by atoms with Crippen LogP contribution in [0.1, 0.15) is 79.6 Å². The zero-order valence-electron chi connectivity index (χ0n) is 18.6. The number of nitrogens with zero attached hydrogens (tertiary/aromatic N) is 1. The van der Waals surface area contributed by atoms with Gasteiger partial charge in [0.05, 0.1) is 0 Å². The molecule has 1 fully saturated rings. The fourth-order valence-electron chi connectivity index (χ4n) is 3.94. The second-order valence-corrected chi connectivity index (χ2v) is 12.6. The first-order valence-electron chi connectivity index (χ1n) is 11.3. The Morgan fingerprint density at radius 1 is 0.852 bits per heavy atom. The van der Waals surface area contributed by atoms with Crippen molar-refractivity contribution in [1.29, 1.82) is 0 Å². The minimum Gasteiger partial charge on any atom is -0.393 e. The summed E-state index contributed by atoms with van der Waals surface area (Å²) < 4.78 is 26.5. The van der Waals surface area contributed by atoms with Crippen LogP contribution in [0.5, 0.6) is 0 Å². The lowest BCUT2D eigenvalue weighted by Gasteiger charge is -2.34. The zero-order valence-corrected chi connectivity index (χ0v) is 20.6. The maximum atomic E-state index is 6.15. The van der Waals surface area contributed by atoms with Crippen molar-refractivity contribution in [3.8, 4) is 0 Å². The molecular formula is C20H44NO4Si2. The molecule has 0 N–H and O–H groups in total. The highest BCUT2D eigenvalue weighted by Crippen LogP contribution is 2.29. The van der Waals surface area contributed by atoms with Crippen LogP contribution in [0.25, 0.3) is 0 Å². The third-order valence-corrected chi connectivity index (χ3v) is 11.3. The fourth-order valence-corrected chi connectivity index (χ4v) is 9.15. The van der Waals surface area contributed by atoms with Gasteiger partial charge in [0, 0.05) is 38.0 Å². The predicted molar refractivity (Wildman–Crippen MR) is 116 cm³/mol. The molecule has 27 heavy (non-hydrogen) atoms. The van der Waals surface area contributed by atoms with Crippen molar-refractivity contribution in [2.24, 2.45) is 0 Å². The standard InChI is InChI=1S/C20H44NO4Si2/c1-6-22-26(23-7-2)20(5)16-13-11-10-12-14-17-21-18-15-19-27(21,24-8-3)25-9-4/h20H,6-19H2,1-5H3. The summed E-state index contributed by atoms with van der Waals surface area (Å²) in [7, 11) is -3.16. The molecule has 1 atom stereocenters. The Kier molecular flexibility index (Phi) is 14.2. The van der Waals surface area contributed by atoms with Crippen LogP contribution < -0.4 is 0 Å². The molecule has 1 radical (unpaired) electrons. The molecule has 161 valence electrons. The number of hydrogen-bond donors (Lipinski definition) is 0. The molecule has 0 aliphatic carbocycles. The predicted octanol–water partition coefficient (Wildman–Crippen LogP) is 5.00. The van der Waals surface area contributed by atoms with Crippen molar-refractivity contribution in [2.45, 2.75) is 91.1 Å². The highest BCUT2D eigenvalue weighted by molar-refractivity contribution is 6.65. The van der Waals surface area contributed by atoms with Crippen molar-refractivity contribution in [3.63, 3.8) is 0 Å². The van der Waals surface area contributed by atoms with Gasteiger partial charge in [-0.05, 0) is 60.0 Å². The Morgan fingerprint density at radius 2 is 1.44 bits per heavy atom. The normalized spacial score (nSPS) is 18.4. The second-order valence-electron chi connectivity index (χ2n) is 7.31. The van der Waals surface area contributed by atoms with E-state index < -0.39 is 18.0 Å². The molecular weight excluding hydrogens is 374 g/mol. The van der Waals surface area contributed by atoms with Crippen LogP contribution >= 0.6 is 0 Å². The van der Waals surface area contributed by atoms with Crippen molar-refractivity contribution in [2.75, 3.05) is 39.5 Å². The molecule has 1 aliphatic rings. The summed E-state index contributed by atoms with van der Waals surface area (Å²) in [4.78, 5) is 0. The molecule has 0 spiro atoms. The number of unbranched alkanes of at least 4 members (excludes halogenated alkanes) is 4. The Morgan fingerprint density at radius 3 is 2.04 bits per heavy atom. The molecule has 0 aromatic rings. The molecule has 7 heteroatoms. The topological polar surface area (TPSA) is 40.2 Å². The van der Waals surface area contributed by atoms with Gasteiger partial charge in [0.25, 0.3) is 0 Å². The highest BCUT2D eigenvalue weighted by Gasteiger charge is 2.48. The van der Waals surface area contributed by atoms with Crippen LogP contribution in [0.15, 0.2) is 0 Å². The van der Waals surface area contributed by atoms with Crippen molar-refractivity contribution in [3.05, 3.63) is 0 Å². The first-order valence-corrected chi connectivity index (χ1v) is 14.6. The van der Waals surface area contributed by atoms with Gasteiger partial charge >= 0.3 is 18.0 Å². The van der Waals surface area contributed by atoms with Crippen LogP contribution in [0.3, 0.4) is 0 Å². The van der Waals surface area contributed by atoms with Gasteiger partial charge < -0.3 is 17.7 Å². The summed E-state index contributed by atoms with van der Waals surface area (Å²) in [5.41, 5.74) is 0.573. The molecule has 1 saturated heterocycles. The minimum absolute atomic E-state index is 0.573. The lowest BCUT2D eigenvalue weighted by Crippen LogP contribution is -2.54. The van der Waals surface area contributed by atoms with E-state index >= 15 is 0 Å². The molecule has 0 aromatic heterocycles. The van der Waals surface area contributed by atoms with Crippen molar-refractivity contribution >= 4 is 18.0 Å². The quantitative estimate of drug-likeness (QED) is 0.246.